The zero-order chi connectivity index (χ0) is 13.3. The summed E-state index contributed by atoms with van der Waals surface area (Å²) in [6.07, 6.45) is 2.13. The van der Waals surface area contributed by atoms with Crippen molar-refractivity contribution < 1.29 is 0 Å². The van der Waals surface area contributed by atoms with Crippen molar-refractivity contribution in [3.8, 4) is 0 Å². The second-order valence-corrected chi connectivity index (χ2v) is 6.27. The number of fused-ring (bicyclic) bond motifs is 1. The first-order valence-electron chi connectivity index (χ1n) is 6.16. The molecule has 0 fully saturated rings. The summed E-state index contributed by atoms with van der Waals surface area (Å²) >= 11 is 8.14. The van der Waals surface area contributed by atoms with Gasteiger partial charge in [-0.2, -0.15) is 11.8 Å². The number of alkyl halides is 1. The number of nitrogens with zero attached hydrogens (tertiary/aromatic N) is 2. The van der Waals surface area contributed by atoms with E-state index in [-0.39, 0.29) is 5.38 Å². The van der Waals surface area contributed by atoms with Gasteiger partial charge in [-0.3, -0.25) is 0 Å². The lowest BCUT2D eigenvalue weighted by atomic mass is 10.2. The Balaban J connectivity index is 2.68. The minimum Gasteiger partial charge on any atom is -0.323 e. The highest BCUT2D eigenvalue weighted by molar-refractivity contribution is 7.98. The summed E-state index contributed by atoms with van der Waals surface area (Å²) in [7, 11) is 0. The van der Waals surface area contributed by atoms with E-state index in [2.05, 4.69) is 42.9 Å². The van der Waals surface area contributed by atoms with Gasteiger partial charge in [0.15, 0.2) is 0 Å². The SMILES string of the molecule is CSCC(C)n1c(C(C)Cl)nc2cccc(C)c21. The Hall–Kier alpha value is -0.670. The summed E-state index contributed by atoms with van der Waals surface area (Å²) in [4.78, 5) is 4.70. The minimum absolute atomic E-state index is 0.0684. The number of rotatable bonds is 4. The number of hydrogen-bond donors (Lipinski definition) is 0. The molecule has 0 bridgehead atoms. The van der Waals surface area contributed by atoms with Crippen LogP contribution in [0.15, 0.2) is 18.2 Å². The Morgan fingerprint density at radius 3 is 2.72 bits per heavy atom. The Labute approximate surface area is 118 Å². The third kappa shape index (κ3) is 2.39. The van der Waals surface area contributed by atoms with Gasteiger partial charge in [0, 0.05) is 11.8 Å². The van der Waals surface area contributed by atoms with Crippen LogP contribution in [0.3, 0.4) is 0 Å². The first-order chi connectivity index (χ1) is 8.56. The lowest BCUT2D eigenvalue weighted by Gasteiger charge is -2.18. The van der Waals surface area contributed by atoms with Gasteiger partial charge in [-0.05, 0) is 38.7 Å². The molecule has 0 N–H and O–H groups in total. The van der Waals surface area contributed by atoms with Gasteiger partial charge in [-0.1, -0.05) is 12.1 Å². The highest BCUT2D eigenvalue weighted by Gasteiger charge is 2.19. The Kier molecular flexibility index (Phi) is 4.23. The second kappa shape index (κ2) is 5.54. The molecule has 0 aliphatic carbocycles. The molecule has 2 unspecified atom stereocenters. The summed E-state index contributed by atoms with van der Waals surface area (Å²) in [6.45, 7) is 6.35. The molecule has 0 aliphatic rings. The van der Waals surface area contributed by atoms with Crippen LogP contribution in [0.2, 0.25) is 0 Å². The van der Waals surface area contributed by atoms with E-state index in [0.717, 1.165) is 17.1 Å². The van der Waals surface area contributed by atoms with Crippen LogP contribution in [0.1, 0.15) is 36.7 Å². The van der Waals surface area contributed by atoms with Gasteiger partial charge in [0.1, 0.15) is 5.82 Å². The molecule has 0 amide bonds. The minimum atomic E-state index is -0.0684. The molecule has 0 saturated heterocycles. The van der Waals surface area contributed by atoms with Crippen molar-refractivity contribution >= 4 is 34.4 Å². The maximum Gasteiger partial charge on any atom is 0.127 e. The van der Waals surface area contributed by atoms with Crippen LogP contribution in [-0.4, -0.2) is 21.6 Å². The second-order valence-electron chi connectivity index (χ2n) is 4.70. The van der Waals surface area contributed by atoms with Crippen molar-refractivity contribution in [1.82, 2.24) is 9.55 Å². The van der Waals surface area contributed by atoms with Crippen molar-refractivity contribution in [2.45, 2.75) is 32.2 Å². The van der Waals surface area contributed by atoms with E-state index >= 15 is 0 Å². The van der Waals surface area contributed by atoms with Gasteiger partial charge < -0.3 is 4.57 Å². The molecule has 98 valence electrons. The van der Waals surface area contributed by atoms with E-state index in [1.165, 1.54) is 11.1 Å². The number of aryl methyl sites for hydroxylation is 1. The molecule has 1 aromatic heterocycles. The maximum absolute atomic E-state index is 6.29. The number of halogens is 1. The zero-order valence-electron chi connectivity index (χ0n) is 11.3. The molecular weight excluding hydrogens is 264 g/mol. The molecule has 1 aromatic carbocycles. The lowest BCUT2D eigenvalue weighted by Crippen LogP contribution is -2.12. The predicted molar refractivity (Wildman–Crippen MR) is 81.8 cm³/mol. The van der Waals surface area contributed by atoms with E-state index in [1.54, 1.807) is 0 Å². The predicted octanol–water partition coefficient (Wildman–Crippen LogP) is 4.57. The molecule has 1 heterocycles. The molecule has 2 aromatic rings. The van der Waals surface area contributed by atoms with Crippen molar-refractivity contribution in [3.05, 3.63) is 29.6 Å². The van der Waals surface area contributed by atoms with Crippen LogP contribution in [0.25, 0.3) is 11.0 Å². The fraction of sp³-hybridized carbons (Fsp3) is 0.500. The van der Waals surface area contributed by atoms with E-state index in [0.29, 0.717) is 6.04 Å². The molecule has 2 nitrogen and oxygen atoms in total. The maximum atomic E-state index is 6.29. The standard InChI is InChI=1S/C14H19ClN2S/c1-9-6-5-7-12-13(9)17(10(2)8-18-4)14(16-12)11(3)15/h5-7,10-11H,8H2,1-4H3. The Morgan fingerprint density at radius 1 is 1.39 bits per heavy atom. The smallest absolute Gasteiger partial charge is 0.127 e. The first kappa shape index (κ1) is 13.8. The van der Waals surface area contributed by atoms with Crippen LogP contribution in [0.5, 0.6) is 0 Å². The van der Waals surface area contributed by atoms with E-state index in [1.807, 2.05) is 18.7 Å². The van der Waals surface area contributed by atoms with Crippen LogP contribution >= 0.6 is 23.4 Å². The largest absolute Gasteiger partial charge is 0.323 e. The molecule has 0 saturated carbocycles. The van der Waals surface area contributed by atoms with Crippen molar-refractivity contribution in [2.24, 2.45) is 0 Å². The van der Waals surface area contributed by atoms with Gasteiger partial charge in [-0.25, -0.2) is 4.98 Å². The fourth-order valence-electron chi connectivity index (χ4n) is 2.38. The number of thioether (sulfide) groups is 1. The highest BCUT2D eigenvalue weighted by Crippen LogP contribution is 2.30. The number of aromatic nitrogens is 2. The van der Waals surface area contributed by atoms with Gasteiger partial charge in [0.05, 0.1) is 16.4 Å². The van der Waals surface area contributed by atoms with Gasteiger partial charge in [-0.15, -0.1) is 11.6 Å². The number of imidazole rings is 1. The zero-order valence-corrected chi connectivity index (χ0v) is 12.8. The van der Waals surface area contributed by atoms with Gasteiger partial charge in [0.2, 0.25) is 0 Å². The first-order valence-corrected chi connectivity index (χ1v) is 7.99. The fourth-order valence-corrected chi connectivity index (χ4v) is 3.17. The molecule has 4 heteroatoms. The average molecular weight is 283 g/mol. The van der Waals surface area contributed by atoms with Crippen LogP contribution in [0.4, 0.5) is 0 Å². The van der Waals surface area contributed by atoms with Crippen molar-refractivity contribution in [3.63, 3.8) is 0 Å². The topological polar surface area (TPSA) is 17.8 Å². The molecule has 0 radical (unpaired) electrons. The summed E-state index contributed by atoms with van der Waals surface area (Å²) in [6, 6.07) is 6.65. The van der Waals surface area contributed by atoms with E-state index in [9.17, 15) is 0 Å². The monoisotopic (exact) mass is 282 g/mol. The van der Waals surface area contributed by atoms with E-state index in [4.69, 9.17) is 16.6 Å². The number of hydrogen-bond acceptors (Lipinski definition) is 2. The molecule has 0 aliphatic heterocycles. The molecule has 2 rings (SSSR count). The van der Waals surface area contributed by atoms with Crippen LogP contribution in [0, 0.1) is 6.92 Å². The molecule has 18 heavy (non-hydrogen) atoms. The molecular formula is C14H19ClN2S. The third-order valence-corrected chi connectivity index (χ3v) is 4.15. The average Bonchev–Trinajstić information content (AvgIpc) is 2.70. The summed E-state index contributed by atoms with van der Waals surface area (Å²) < 4.78 is 2.30. The van der Waals surface area contributed by atoms with Crippen LogP contribution in [-0.2, 0) is 0 Å². The van der Waals surface area contributed by atoms with E-state index < -0.39 is 0 Å². The normalized spacial score (nSPS) is 14.9. The van der Waals surface area contributed by atoms with Crippen molar-refractivity contribution in [2.75, 3.05) is 12.0 Å². The summed E-state index contributed by atoms with van der Waals surface area (Å²) in [5.41, 5.74) is 3.53. The van der Waals surface area contributed by atoms with Crippen LogP contribution < -0.4 is 0 Å². The van der Waals surface area contributed by atoms with Crippen molar-refractivity contribution in [1.29, 1.82) is 0 Å². The number of para-hydroxylation sites is 1. The van der Waals surface area contributed by atoms with Gasteiger partial charge in [0.25, 0.3) is 0 Å². The third-order valence-electron chi connectivity index (χ3n) is 3.14. The Morgan fingerprint density at radius 2 is 2.11 bits per heavy atom. The lowest BCUT2D eigenvalue weighted by molar-refractivity contribution is 0.592. The molecule has 2 atom stereocenters. The number of benzene rings is 1. The Bertz CT molecular complexity index is 548. The molecule has 0 spiro atoms. The quantitative estimate of drug-likeness (QED) is 0.765. The summed E-state index contributed by atoms with van der Waals surface area (Å²) in [5.74, 6) is 2.04. The van der Waals surface area contributed by atoms with Gasteiger partial charge >= 0.3 is 0 Å². The highest BCUT2D eigenvalue weighted by atomic mass is 35.5. The summed E-state index contributed by atoms with van der Waals surface area (Å²) in [5, 5.41) is -0.0684.